The maximum atomic E-state index is 3.98. The van der Waals surface area contributed by atoms with Crippen LogP contribution in [0.1, 0.15) is 77.8 Å². The maximum Gasteiger partial charge on any atom is 0.0325 e. The second-order valence-electron chi connectivity index (χ2n) is 8.05. The number of hydrogen-bond donors (Lipinski definition) is 1. The van der Waals surface area contributed by atoms with E-state index >= 15 is 0 Å². The van der Waals surface area contributed by atoms with Crippen molar-refractivity contribution in [1.29, 1.82) is 0 Å². The highest BCUT2D eigenvalue weighted by Crippen LogP contribution is 2.35. The fourth-order valence-corrected chi connectivity index (χ4v) is 3.57. The van der Waals surface area contributed by atoms with Gasteiger partial charge in [-0.15, -0.1) is 0 Å². The number of rotatable bonds is 5. The van der Waals surface area contributed by atoms with E-state index in [0.717, 1.165) is 5.92 Å². The number of benzene rings is 1. The van der Waals surface area contributed by atoms with Crippen LogP contribution in [0.3, 0.4) is 0 Å². The van der Waals surface area contributed by atoms with Crippen LogP contribution in [-0.4, -0.2) is 6.04 Å². The number of hydrogen-bond acceptors (Lipinski definition) is 1. The Morgan fingerprint density at radius 1 is 1.10 bits per heavy atom. The topological polar surface area (TPSA) is 12.0 Å². The molecule has 1 heteroatoms. The van der Waals surface area contributed by atoms with E-state index in [0.29, 0.717) is 17.5 Å². The smallest absolute Gasteiger partial charge is 0.0325 e. The summed E-state index contributed by atoms with van der Waals surface area (Å²) in [5, 5.41) is 3.98. The SMILES string of the molecule is CC(C)CC(NC1CCCC(C)(C)CC1)c1ccccc1. The third-order valence-corrected chi connectivity index (χ3v) is 4.92. The molecule has 1 fully saturated rings. The summed E-state index contributed by atoms with van der Waals surface area (Å²) in [6.07, 6.45) is 8.00. The summed E-state index contributed by atoms with van der Waals surface area (Å²) in [6.45, 7) is 9.51. The molecule has 0 aliphatic heterocycles. The van der Waals surface area contributed by atoms with E-state index in [2.05, 4.69) is 63.3 Å². The average Bonchev–Trinajstić information content (AvgIpc) is 2.60. The van der Waals surface area contributed by atoms with Crippen LogP contribution >= 0.6 is 0 Å². The Hall–Kier alpha value is -0.820. The minimum atomic E-state index is 0.511. The molecule has 1 aromatic rings. The molecule has 0 heterocycles. The molecule has 1 N–H and O–H groups in total. The minimum Gasteiger partial charge on any atom is -0.307 e. The fourth-order valence-electron chi connectivity index (χ4n) is 3.57. The van der Waals surface area contributed by atoms with E-state index in [1.165, 1.54) is 44.1 Å². The van der Waals surface area contributed by atoms with Gasteiger partial charge in [-0.1, -0.05) is 64.4 Å². The van der Waals surface area contributed by atoms with Crippen molar-refractivity contribution in [2.24, 2.45) is 11.3 Å². The van der Waals surface area contributed by atoms with Crippen LogP contribution in [0.4, 0.5) is 0 Å². The van der Waals surface area contributed by atoms with Crippen molar-refractivity contribution in [3.8, 4) is 0 Å². The fraction of sp³-hybridized carbons (Fsp3) is 0.700. The first-order chi connectivity index (χ1) is 9.96. The molecule has 1 aliphatic rings. The van der Waals surface area contributed by atoms with Gasteiger partial charge in [0.15, 0.2) is 0 Å². The summed E-state index contributed by atoms with van der Waals surface area (Å²) >= 11 is 0. The van der Waals surface area contributed by atoms with Crippen LogP contribution in [0, 0.1) is 11.3 Å². The van der Waals surface area contributed by atoms with Crippen molar-refractivity contribution >= 4 is 0 Å². The van der Waals surface area contributed by atoms with Gasteiger partial charge in [-0.05, 0) is 49.0 Å². The van der Waals surface area contributed by atoms with Gasteiger partial charge >= 0.3 is 0 Å². The molecular formula is C20H33N. The molecule has 2 atom stereocenters. The van der Waals surface area contributed by atoms with Crippen molar-refractivity contribution in [1.82, 2.24) is 5.32 Å². The van der Waals surface area contributed by atoms with Crippen LogP contribution in [0.15, 0.2) is 30.3 Å². The molecule has 0 aromatic heterocycles. The third kappa shape index (κ3) is 5.47. The van der Waals surface area contributed by atoms with Gasteiger partial charge in [0, 0.05) is 12.1 Å². The van der Waals surface area contributed by atoms with Gasteiger partial charge < -0.3 is 5.32 Å². The lowest BCUT2D eigenvalue weighted by molar-refractivity contribution is 0.303. The Balaban J connectivity index is 2.01. The predicted octanol–water partition coefficient (Wildman–Crippen LogP) is 5.72. The third-order valence-electron chi connectivity index (χ3n) is 4.92. The quantitative estimate of drug-likeness (QED) is 0.683. The normalized spacial score (nSPS) is 23.8. The zero-order chi connectivity index (χ0) is 15.3. The molecule has 1 saturated carbocycles. The molecule has 118 valence electrons. The van der Waals surface area contributed by atoms with Crippen LogP contribution in [0.25, 0.3) is 0 Å². The standard InChI is InChI=1S/C20H33N/c1-16(2)15-19(17-9-6-5-7-10-17)21-18-11-8-13-20(3,4)14-12-18/h5-7,9-10,16,18-19,21H,8,11-15H2,1-4H3. The van der Waals surface area contributed by atoms with Crippen LogP contribution < -0.4 is 5.32 Å². The molecule has 21 heavy (non-hydrogen) atoms. The Morgan fingerprint density at radius 3 is 2.48 bits per heavy atom. The molecule has 2 unspecified atom stereocenters. The van der Waals surface area contributed by atoms with Crippen molar-refractivity contribution in [2.45, 2.75) is 78.3 Å². The van der Waals surface area contributed by atoms with Gasteiger partial charge in [-0.3, -0.25) is 0 Å². The van der Waals surface area contributed by atoms with E-state index in [4.69, 9.17) is 0 Å². The lowest BCUT2D eigenvalue weighted by Gasteiger charge is -2.27. The Bertz CT molecular complexity index is 407. The second-order valence-corrected chi connectivity index (χ2v) is 8.05. The molecule has 0 saturated heterocycles. The largest absolute Gasteiger partial charge is 0.307 e. The Labute approximate surface area is 131 Å². The summed E-state index contributed by atoms with van der Waals surface area (Å²) in [6, 6.07) is 12.2. The summed E-state index contributed by atoms with van der Waals surface area (Å²) in [7, 11) is 0. The highest BCUT2D eigenvalue weighted by Gasteiger charge is 2.26. The van der Waals surface area contributed by atoms with E-state index in [1.807, 2.05) is 0 Å². The molecular weight excluding hydrogens is 254 g/mol. The van der Waals surface area contributed by atoms with Crippen LogP contribution in [0.2, 0.25) is 0 Å². The molecule has 1 aromatic carbocycles. The van der Waals surface area contributed by atoms with Gasteiger partial charge in [-0.2, -0.15) is 0 Å². The van der Waals surface area contributed by atoms with Crippen LogP contribution in [0.5, 0.6) is 0 Å². The van der Waals surface area contributed by atoms with E-state index in [9.17, 15) is 0 Å². The van der Waals surface area contributed by atoms with Crippen molar-refractivity contribution in [3.05, 3.63) is 35.9 Å². The first-order valence-corrected chi connectivity index (χ1v) is 8.77. The molecule has 1 aliphatic carbocycles. The molecule has 0 spiro atoms. The minimum absolute atomic E-state index is 0.511. The van der Waals surface area contributed by atoms with Gasteiger partial charge in [0.1, 0.15) is 0 Å². The van der Waals surface area contributed by atoms with Crippen molar-refractivity contribution in [3.63, 3.8) is 0 Å². The second kappa shape index (κ2) is 7.45. The van der Waals surface area contributed by atoms with Gasteiger partial charge in [0.2, 0.25) is 0 Å². The zero-order valence-electron chi connectivity index (χ0n) is 14.4. The molecule has 0 amide bonds. The van der Waals surface area contributed by atoms with Gasteiger partial charge in [0.25, 0.3) is 0 Å². The van der Waals surface area contributed by atoms with Gasteiger partial charge in [0.05, 0.1) is 0 Å². The summed E-state index contributed by atoms with van der Waals surface area (Å²) in [5.41, 5.74) is 1.99. The Morgan fingerprint density at radius 2 is 1.81 bits per heavy atom. The van der Waals surface area contributed by atoms with Crippen LogP contribution in [-0.2, 0) is 0 Å². The van der Waals surface area contributed by atoms with E-state index in [-0.39, 0.29) is 0 Å². The molecule has 2 rings (SSSR count). The number of nitrogens with one attached hydrogen (secondary N) is 1. The highest BCUT2D eigenvalue weighted by molar-refractivity contribution is 5.19. The van der Waals surface area contributed by atoms with Gasteiger partial charge in [-0.25, -0.2) is 0 Å². The molecule has 0 bridgehead atoms. The first kappa shape index (κ1) is 16.5. The lowest BCUT2D eigenvalue weighted by atomic mass is 9.85. The monoisotopic (exact) mass is 287 g/mol. The maximum absolute atomic E-state index is 3.98. The lowest BCUT2D eigenvalue weighted by Crippen LogP contribution is -2.33. The summed E-state index contributed by atoms with van der Waals surface area (Å²) in [4.78, 5) is 0. The van der Waals surface area contributed by atoms with E-state index < -0.39 is 0 Å². The van der Waals surface area contributed by atoms with Crippen molar-refractivity contribution in [2.75, 3.05) is 0 Å². The molecule has 1 nitrogen and oxygen atoms in total. The Kier molecular flexibility index (Phi) is 5.87. The summed E-state index contributed by atoms with van der Waals surface area (Å²) in [5.74, 6) is 0.727. The summed E-state index contributed by atoms with van der Waals surface area (Å²) < 4.78 is 0. The highest BCUT2D eigenvalue weighted by atomic mass is 15.0. The predicted molar refractivity (Wildman–Crippen MR) is 92.4 cm³/mol. The average molecular weight is 287 g/mol. The van der Waals surface area contributed by atoms with E-state index in [1.54, 1.807) is 0 Å². The zero-order valence-corrected chi connectivity index (χ0v) is 14.4. The molecule has 0 radical (unpaired) electrons. The first-order valence-electron chi connectivity index (χ1n) is 8.77. The van der Waals surface area contributed by atoms with Crippen molar-refractivity contribution < 1.29 is 0 Å².